The molecule has 11 heavy (non-hydrogen) atoms. The van der Waals surface area contributed by atoms with Gasteiger partial charge < -0.3 is 9.64 Å². The predicted molar refractivity (Wildman–Crippen MR) is 48.9 cm³/mol. The fraction of sp³-hybridized carbons (Fsp3) is 1.00. The third kappa shape index (κ3) is 4.38. The first-order valence-electron chi connectivity index (χ1n) is 4.52. The fourth-order valence-electron chi connectivity index (χ4n) is 1.44. The van der Waals surface area contributed by atoms with Crippen LogP contribution in [0.2, 0.25) is 0 Å². The third-order valence-corrected chi connectivity index (χ3v) is 1.60. The molecule has 0 spiro atoms. The van der Waals surface area contributed by atoms with E-state index >= 15 is 0 Å². The van der Waals surface area contributed by atoms with Crippen molar-refractivity contribution in [3.8, 4) is 0 Å². The van der Waals surface area contributed by atoms with Gasteiger partial charge >= 0.3 is 0 Å². The van der Waals surface area contributed by atoms with E-state index in [0.29, 0.717) is 12.2 Å². The molecule has 0 aliphatic carbocycles. The maximum Gasteiger partial charge on any atom is 0.0678 e. The summed E-state index contributed by atoms with van der Waals surface area (Å²) in [4.78, 5) is 2.30. The van der Waals surface area contributed by atoms with Gasteiger partial charge in [-0.15, -0.1) is 0 Å². The van der Waals surface area contributed by atoms with E-state index in [4.69, 9.17) is 4.74 Å². The molecule has 1 saturated heterocycles. The first-order chi connectivity index (χ1) is 5.18. The highest BCUT2D eigenvalue weighted by molar-refractivity contribution is 4.69. The minimum absolute atomic E-state index is 0.416. The predicted octanol–water partition coefficient (Wildman–Crippen LogP) is 1.75. The summed E-state index contributed by atoms with van der Waals surface area (Å²) in [5, 5.41) is 0. The van der Waals surface area contributed by atoms with Gasteiger partial charge in [0.05, 0.1) is 12.2 Å². The van der Waals surface area contributed by atoms with Crippen LogP contribution >= 0.6 is 0 Å². The van der Waals surface area contributed by atoms with Gasteiger partial charge in [0.15, 0.2) is 0 Å². The summed E-state index contributed by atoms with van der Waals surface area (Å²) in [5.74, 6) is 0. The van der Waals surface area contributed by atoms with E-state index in [1.165, 1.54) is 0 Å². The van der Waals surface area contributed by atoms with E-state index in [0.717, 1.165) is 13.1 Å². The topological polar surface area (TPSA) is 12.5 Å². The average Bonchev–Trinajstić information content (AvgIpc) is 1.88. The monoisotopic (exact) mass is 159 g/mol. The lowest BCUT2D eigenvalue weighted by Gasteiger charge is -2.32. The van der Waals surface area contributed by atoms with Gasteiger partial charge in [-0.1, -0.05) is 13.8 Å². The first-order valence-corrected chi connectivity index (χ1v) is 4.52. The molecule has 0 radical (unpaired) electrons. The van der Waals surface area contributed by atoms with Gasteiger partial charge in [0.1, 0.15) is 0 Å². The molecule has 1 aliphatic rings. The quantitative estimate of drug-likeness (QED) is 0.534. The maximum absolute atomic E-state index is 5.51. The Labute approximate surface area is 70.5 Å². The number of ether oxygens (including phenoxy) is 1. The van der Waals surface area contributed by atoms with Crippen molar-refractivity contribution in [2.45, 2.75) is 39.9 Å². The minimum Gasteiger partial charge on any atom is -0.373 e. The van der Waals surface area contributed by atoms with Crippen molar-refractivity contribution in [1.82, 2.24) is 4.90 Å². The molecule has 0 bridgehead atoms. The molecule has 0 saturated carbocycles. The molecule has 2 atom stereocenters. The van der Waals surface area contributed by atoms with E-state index < -0.39 is 0 Å². The number of hydrogen-bond acceptors (Lipinski definition) is 2. The van der Waals surface area contributed by atoms with Crippen LogP contribution in [0.5, 0.6) is 0 Å². The molecule has 2 nitrogen and oxygen atoms in total. The van der Waals surface area contributed by atoms with Gasteiger partial charge in [-0.25, -0.2) is 0 Å². The van der Waals surface area contributed by atoms with Gasteiger partial charge in [0, 0.05) is 13.1 Å². The molecule has 0 unspecified atom stereocenters. The second kappa shape index (κ2) is 5.56. The molecule has 68 valence electrons. The van der Waals surface area contributed by atoms with Crippen molar-refractivity contribution in [3.63, 3.8) is 0 Å². The van der Waals surface area contributed by atoms with Crippen molar-refractivity contribution < 1.29 is 4.74 Å². The normalized spacial score (nSPS) is 32.5. The summed E-state index contributed by atoms with van der Waals surface area (Å²) in [5.41, 5.74) is 0. The molecular formula is C9H21NO. The molecule has 1 rings (SSSR count). The Morgan fingerprint density at radius 3 is 1.73 bits per heavy atom. The molecule has 0 aromatic heterocycles. The lowest BCUT2D eigenvalue weighted by Crippen LogP contribution is -2.42. The molecule has 0 aromatic rings. The van der Waals surface area contributed by atoms with Crippen molar-refractivity contribution in [1.29, 1.82) is 0 Å². The Kier molecular flexibility index (Phi) is 5.51. The Bertz CT molecular complexity index is 70.5. The van der Waals surface area contributed by atoms with Crippen LogP contribution in [0, 0.1) is 0 Å². The van der Waals surface area contributed by atoms with Gasteiger partial charge in [-0.3, -0.25) is 0 Å². The van der Waals surface area contributed by atoms with E-state index in [1.54, 1.807) is 0 Å². The summed E-state index contributed by atoms with van der Waals surface area (Å²) in [6, 6.07) is 0. The van der Waals surface area contributed by atoms with Crippen LogP contribution in [0.25, 0.3) is 0 Å². The highest BCUT2D eigenvalue weighted by Gasteiger charge is 2.18. The fourth-order valence-corrected chi connectivity index (χ4v) is 1.44. The van der Waals surface area contributed by atoms with Gasteiger partial charge in [0.2, 0.25) is 0 Å². The molecule has 1 heterocycles. The van der Waals surface area contributed by atoms with Gasteiger partial charge in [-0.05, 0) is 20.9 Å². The van der Waals surface area contributed by atoms with Crippen LogP contribution in [0.1, 0.15) is 27.7 Å². The lowest BCUT2D eigenvalue weighted by molar-refractivity contribution is -0.0602. The van der Waals surface area contributed by atoms with Crippen molar-refractivity contribution in [2.24, 2.45) is 0 Å². The van der Waals surface area contributed by atoms with E-state index in [9.17, 15) is 0 Å². The number of likely N-dealkylation sites (N-methyl/N-ethyl adjacent to an activating group) is 1. The van der Waals surface area contributed by atoms with Crippen LogP contribution in [0.4, 0.5) is 0 Å². The molecule has 0 amide bonds. The number of hydrogen-bond donors (Lipinski definition) is 0. The Hall–Kier alpha value is -0.0800. The van der Waals surface area contributed by atoms with E-state index in [2.05, 4.69) is 25.8 Å². The van der Waals surface area contributed by atoms with Crippen LogP contribution in [0.15, 0.2) is 0 Å². The van der Waals surface area contributed by atoms with Crippen LogP contribution < -0.4 is 0 Å². The lowest BCUT2D eigenvalue weighted by atomic mass is 10.2. The summed E-state index contributed by atoms with van der Waals surface area (Å²) in [7, 11) is 2.13. The summed E-state index contributed by atoms with van der Waals surface area (Å²) in [6.45, 7) is 10.4. The zero-order chi connectivity index (χ0) is 8.85. The largest absolute Gasteiger partial charge is 0.373 e. The molecule has 0 N–H and O–H groups in total. The number of rotatable bonds is 0. The second-order valence-corrected chi connectivity index (χ2v) is 2.98. The Morgan fingerprint density at radius 1 is 1.09 bits per heavy atom. The number of morpholine rings is 1. The van der Waals surface area contributed by atoms with E-state index in [1.807, 2.05) is 13.8 Å². The Morgan fingerprint density at radius 2 is 1.45 bits per heavy atom. The minimum atomic E-state index is 0.416. The Balaban J connectivity index is 0.000000461. The molecule has 1 aliphatic heterocycles. The SMILES string of the molecule is CC.C[C@@H]1CN(C)C[C@H](C)O1. The summed E-state index contributed by atoms with van der Waals surface area (Å²) in [6.07, 6.45) is 0.831. The zero-order valence-corrected chi connectivity index (χ0v) is 8.42. The van der Waals surface area contributed by atoms with Crippen molar-refractivity contribution in [2.75, 3.05) is 20.1 Å². The highest BCUT2D eigenvalue weighted by atomic mass is 16.5. The molecule has 0 aromatic carbocycles. The number of nitrogens with zero attached hydrogens (tertiary/aromatic N) is 1. The third-order valence-electron chi connectivity index (χ3n) is 1.60. The molecule has 1 fully saturated rings. The van der Waals surface area contributed by atoms with E-state index in [-0.39, 0.29) is 0 Å². The maximum atomic E-state index is 5.51. The molecular weight excluding hydrogens is 138 g/mol. The smallest absolute Gasteiger partial charge is 0.0678 e. The van der Waals surface area contributed by atoms with Crippen LogP contribution in [0.3, 0.4) is 0 Å². The second-order valence-electron chi connectivity index (χ2n) is 2.98. The summed E-state index contributed by atoms with van der Waals surface area (Å²) >= 11 is 0. The van der Waals surface area contributed by atoms with Crippen molar-refractivity contribution >= 4 is 0 Å². The first kappa shape index (κ1) is 10.9. The van der Waals surface area contributed by atoms with Gasteiger partial charge in [-0.2, -0.15) is 0 Å². The highest BCUT2D eigenvalue weighted by Crippen LogP contribution is 2.07. The van der Waals surface area contributed by atoms with Crippen LogP contribution in [-0.4, -0.2) is 37.2 Å². The zero-order valence-electron chi connectivity index (χ0n) is 8.42. The average molecular weight is 159 g/mol. The standard InChI is InChI=1S/C7H15NO.C2H6/c1-6-4-8(3)5-7(2)9-6;1-2/h6-7H,4-5H2,1-3H3;1-2H3/t6-,7+;. The van der Waals surface area contributed by atoms with Crippen molar-refractivity contribution in [3.05, 3.63) is 0 Å². The molecule has 2 heteroatoms. The van der Waals surface area contributed by atoms with Gasteiger partial charge in [0.25, 0.3) is 0 Å². The summed E-state index contributed by atoms with van der Waals surface area (Å²) < 4.78 is 5.51. The van der Waals surface area contributed by atoms with Crippen LogP contribution in [-0.2, 0) is 4.74 Å².